The minimum Gasteiger partial charge on any atom is -0.393 e. The van der Waals surface area contributed by atoms with E-state index in [1.54, 1.807) is 6.92 Å². The summed E-state index contributed by atoms with van der Waals surface area (Å²) in [4.78, 5) is 0. The van der Waals surface area contributed by atoms with Crippen molar-refractivity contribution in [3.05, 3.63) is 0 Å². The molecule has 2 atom stereocenters. The van der Waals surface area contributed by atoms with Crippen molar-refractivity contribution in [1.82, 2.24) is 0 Å². The quantitative estimate of drug-likeness (QED) is 0.471. The Balaban J connectivity index is 3.69. The zero-order valence-corrected chi connectivity index (χ0v) is 11.7. The summed E-state index contributed by atoms with van der Waals surface area (Å²) in [5.41, 5.74) is 0. The number of unbranched alkanes of at least 4 members (excludes halogenated alkanes) is 3. The molecule has 0 amide bonds. The van der Waals surface area contributed by atoms with Crippen LogP contribution in [0, 0.1) is 0 Å². The Hall–Kier alpha value is -0.130. The van der Waals surface area contributed by atoms with Gasteiger partial charge in [-0.15, -0.1) is 0 Å². The summed E-state index contributed by atoms with van der Waals surface area (Å²) in [5.74, 6) is 0. The second kappa shape index (κ2) is 8.89. The normalized spacial score (nSPS) is 15.8. The predicted molar refractivity (Wildman–Crippen MR) is 69.6 cm³/mol. The van der Waals surface area contributed by atoms with Crippen molar-refractivity contribution >= 4 is 10.1 Å². The van der Waals surface area contributed by atoms with Gasteiger partial charge in [0.2, 0.25) is 0 Å². The highest BCUT2D eigenvalue weighted by atomic mass is 32.2. The fraction of sp³-hybridized carbons (Fsp3) is 1.00. The summed E-state index contributed by atoms with van der Waals surface area (Å²) in [6, 6.07) is 0. The topological polar surface area (TPSA) is 74.6 Å². The maximum atomic E-state index is 11.1. The molecule has 4 nitrogen and oxygen atoms in total. The highest BCUT2D eigenvalue weighted by molar-refractivity contribution is 7.86. The van der Waals surface area contributed by atoms with Crippen LogP contribution in [-0.4, -0.2) is 29.4 Å². The second-order valence-corrected chi connectivity index (χ2v) is 6.46. The fourth-order valence-corrected chi connectivity index (χ4v) is 2.93. The maximum Gasteiger partial charge on any atom is 0.267 e. The van der Waals surface area contributed by atoms with Gasteiger partial charge in [-0.3, -0.25) is 4.55 Å². The molecule has 2 N–H and O–H groups in total. The highest BCUT2D eigenvalue weighted by Crippen LogP contribution is 2.16. The summed E-state index contributed by atoms with van der Waals surface area (Å²) >= 11 is 0. The maximum absolute atomic E-state index is 11.1. The minimum absolute atomic E-state index is 0.249. The first-order chi connectivity index (χ1) is 7.88. The van der Waals surface area contributed by atoms with Crippen molar-refractivity contribution < 1.29 is 18.1 Å². The molecule has 0 aliphatic carbocycles. The predicted octanol–water partition coefficient (Wildman–Crippen LogP) is 2.76. The van der Waals surface area contributed by atoms with E-state index in [1.807, 2.05) is 6.92 Å². The van der Waals surface area contributed by atoms with Crippen LogP contribution in [0.3, 0.4) is 0 Å². The molecule has 0 radical (unpaired) electrons. The van der Waals surface area contributed by atoms with Crippen LogP contribution < -0.4 is 0 Å². The molecule has 0 bridgehead atoms. The molecule has 0 saturated carbocycles. The fourth-order valence-electron chi connectivity index (χ4n) is 1.93. The first-order valence-corrected chi connectivity index (χ1v) is 8.02. The van der Waals surface area contributed by atoms with Crippen LogP contribution in [0.1, 0.15) is 65.2 Å². The Labute approximate surface area is 105 Å². The van der Waals surface area contributed by atoms with Gasteiger partial charge in [0.25, 0.3) is 10.1 Å². The third-order valence-corrected chi connectivity index (χ3v) is 4.24. The SMILES string of the molecule is CCCC(CCCCCCC(C)O)S(=O)(=O)O. The molecule has 0 saturated heterocycles. The van der Waals surface area contributed by atoms with E-state index in [4.69, 9.17) is 9.66 Å². The molecule has 5 heteroatoms. The molecule has 104 valence electrons. The van der Waals surface area contributed by atoms with Gasteiger partial charge in [0.05, 0.1) is 11.4 Å². The Kier molecular flexibility index (Phi) is 8.82. The molecule has 0 fully saturated rings. The highest BCUT2D eigenvalue weighted by Gasteiger charge is 2.20. The first-order valence-electron chi connectivity index (χ1n) is 6.52. The van der Waals surface area contributed by atoms with E-state index in [0.29, 0.717) is 12.8 Å². The lowest BCUT2D eigenvalue weighted by Crippen LogP contribution is -2.20. The average molecular weight is 266 g/mol. The first kappa shape index (κ1) is 16.9. The van der Waals surface area contributed by atoms with Gasteiger partial charge in [-0.1, -0.05) is 39.0 Å². The van der Waals surface area contributed by atoms with Crippen molar-refractivity contribution in [3.8, 4) is 0 Å². The van der Waals surface area contributed by atoms with Crippen molar-refractivity contribution in [1.29, 1.82) is 0 Å². The molecule has 0 aromatic rings. The molecular formula is C12H26O4S. The van der Waals surface area contributed by atoms with E-state index in [2.05, 4.69) is 0 Å². The Morgan fingerprint density at radius 1 is 1.00 bits per heavy atom. The van der Waals surface area contributed by atoms with E-state index >= 15 is 0 Å². The summed E-state index contributed by atoms with van der Waals surface area (Å²) in [7, 11) is -3.87. The van der Waals surface area contributed by atoms with Crippen LogP contribution in [0.4, 0.5) is 0 Å². The van der Waals surface area contributed by atoms with E-state index < -0.39 is 15.4 Å². The molecule has 0 aliphatic rings. The summed E-state index contributed by atoms with van der Waals surface area (Å²) in [6.45, 7) is 3.69. The van der Waals surface area contributed by atoms with Gasteiger partial charge in [-0.2, -0.15) is 8.42 Å². The lowest BCUT2D eigenvalue weighted by Gasteiger charge is -2.12. The van der Waals surface area contributed by atoms with Crippen molar-refractivity contribution in [2.75, 3.05) is 0 Å². The van der Waals surface area contributed by atoms with Crippen molar-refractivity contribution in [2.24, 2.45) is 0 Å². The summed E-state index contributed by atoms with van der Waals surface area (Å²) in [6.07, 6.45) is 6.17. The van der Waals surface area contributed by atoms with Crippen LogP contribution in [0.2, 0.25) is 0 Å². The van der Waals surface area contributed by atoms with Crippen LogP contribution in [0.5, 0.6) is 0 Å². The number of hydrogen-bond donors (Lipinski definition) is 2. The van der Waals surface area contributed by atoms with Crippen molar-refractivity contribution in [2.45, 2.75) is 76.6 Å². The molecule has 17 heavy (non-hydrogen) atoms. The number of aliphatic hydroxyl groups excluding tert-OH is 1. The monoisotopic (exact) mass is 266 g/mol. The minimum atomic E-state index is -3.87. The average Bonchev–Trinajstić information content (AvgIpc) is 2.19. The van der Waals surface area contributed by atoms with Crippen LogP contribution in [0.15, 0.2) is 0 Å². The van der Waals surface area contributed by atoms with Gasteiger partial charge >= 0.3 is 0 Å². The third kappa shape index (κ3) is 9.56. The molecular weight excluding hydrogens is 240 g/mol. The van der Waals surface area contributed by atoms with Gasteiger partial charge in [0.1, 0.15) is 0 Å². The third-order valence-electron chi connectivity index (χ3n) is 2.93. The van der Waals surface area contributed by atoms with Crippen LogP contribution in [0.25, 0.3) is 0 Å². The summed E-state index contributed by atoms with van der Waals surface area (Å²) in [5, 5.41) is 8.47. The standard InChI is InChI=1S/C12H26O4S/c1-3-8-12(17(14,15)16)10-7-5-4-6-9-11(2)13/h11-13H,3-10H2,1-2H3,(H,14,15,16). The lowest BCUT2D eigenvalue weighted by atomic mass is 10.1. The lowest BCUT2D eigenvalue weighted by molar-refractivity contribution is 0.180. The molecule has 0 aromatic heterocycles. The largest absolute Gasteiger partial charge is 0.393 e. The number of rotatable bonds is 10. The number of hydrogen-bond acceptors (Lipinski definition) is 3. The molecule has 0 rings (SSSR count). The zero-order chi connectivity index (χ0) is 13.3. The van der Waals surface area contributed by atoms with E-state index in [0.717, 1.165) is 38.5 Å². The molecule has 2 unspecified atom stereocenters. The van der Waals surface area contributed by atoms with E-state index in [9.17, 15) is 8.42 Å². The van der Waals surface area contributed by atoms with Crippen LogP contribution in [-0.2, 0) is 10.1 Å². The Morgan fingerprint density at radius 3 is 1.94 bits per heavy atom. The van der Waals surface area contributed by atoms with Crippen molar-refractivity contribution in [3.63, 3.8) is 0 Å². The van der Waals surface area contributed by atoms with Crippen LogP contribution >= 0.6 is 0 Å². The van der Waals surface area contributed by atoms with Gasteiger partial charge in [0, 0.05) is 0 Å². The van der Waals surface area contributed by atoms with Gasteiger partial charge in [-0.25, -0.2) is 0 Å². The molecule has 0 aromatic carbocycles. The molecule has 0 heterocycles. The smallest absolute Gasteiger partial charge is 0.267 e. The Morgan fingerprint density at radius 2 is 1.53 bits per heavy atom. The Bertz CT molecular complexity index is 272. The zero-order valence-electron chi connectivity index (χ0n) is 10.9. The molecule has 0 aliphatic heterocycles. The molecule has 0 spiro atoms. The number of aliphatic hydroxyl groups is 1. The van der Waals surface area contributed by atoms with Gasteiger partial charge in [-0.05, 0) is 26.2 Å². The van der Waals surface area contributed by atoms with E-state index in [1.165, 1.54) is 0 Å². The van der Waals surface area contributed by atoms with Gasteiger partial charge in [0.15, 0.2) is 0 Å². The summed E-state index contributed by atoms with van der Waals surface area (Å²) < 4.78 is 31.1. The second-order valence-electron chi connectivity index (χ2n) is 4.77. The van der Waals surface area contributed by atoms with Gasteiger partial charge < -0.3 is 5.11 Å². The van der Waals surface area contributed by atoms with E-state index in [-0.39, 0.29) is 6.10 Å².